The zero-order chi connectivity index (χ0) is 17.1. The number of ether oxygens (including phenoxy) is 3. The molecule has 6 unspecified atom stereocenters. The number of hydrogen-bond donors (Lipinski definition) is 1. The van der Waals surface area contributed by atoms with Crippen LogP contribution in [0.1, 0.15) is 39.0 Å². The molecule has 3 saturated carbocycles. The number of thiol groups is 1. The fourth-order valence-corrected chi connectivity index (χ4v) is 5.27. The molecule has 24 heavy (non-hydrogen) atoms. The van der Waals surface area contributed by atoms with Crippen molar-refractivity contribution in [3.05, 3.63) is 0 Å². The third-order valence-electron chi connectivity index (χ3n) is 6.22. The number of esters is 3. The minimum Gasteiger partial charge on any atom is -0.459 e. The van der Waals surface area contributed by atoms with Crippen molar-refractivity contribution in [2.45, 2.75) is 56.8 Å². The maximum absolute atomic E-state index is 12.8. The molecule has 0 aromatic rings. The molecule has 0 N–H and O–H groups in total. The third kappa shape index (κ3) is 2.35. The molecule has 0 spiro atoms. The smallest absolute Gasteiger partial charge is 0.316 e. The molecule has 0 radical (unpaired) electrons. The van der Waals surface area contributed by atoms with Gasteiger partial charge in [-0.05, 0) is 39.0 Å². The lowest BCUT2D eigenvalue weighted by Crippen LogP contribution is -2.45. The van der Waals surface area contributed by atoms with Gasteiger partial charge in [0.1, 0.15) is 17.8 Å². The Kier molecular flexibility index (Phi) is 3.82. The van der Waals surface area contributed by atoms with Gasteiger partial charge in [0, 0.05) is 11.8 Å². The molecule has 2 bridgehead atoms. The van der Waals surface area contributed by atoms with Crippen molar-refractivity contribution in [2.24, 2.45) is 23.7 Å². The quantitative estimate of drug-likeness (QED) is 0.468. The van der Waals surface area contributed by atoms with Crippen molar-refractivity contribution in [3.8, 4) is 0 Å². The molecule has 132 valence electrons. The molecule has 0 aromatic carbocycles. The van der Waals surface area contributed by atoms with Gasteiger partial charge in [-0.2, -0.15) is 12.6 Å². The molecule has 1 heterocycles. The van der Waals surface area contributed by atoms with Crippen LogP contribution >= 0.6 is 12.6 Å². The minimum atomic E-state index is -0.559. The highest BCUT2D eigenvalue weighted by Crippen LogP contribution is 2.59. The van der Waals surface area contributed by atoms with Crippen LogP contribution in [0.5, 0.6) is 0 Å². The Hall–Kier alpha value is -1.24. The second-order valence-corrected chi connectivity index (χ2v) is 8.02. The number of fused-ring (bicyclic) bond motifs is 1. The zero-order valence-electron chi connectivity index (χ0n) is 13.6. The largest absolute Gasteiger partial charge is 0.459 e. The Morgan fingerprint density at radius 3 is 2.67 bits per heavy atom. The first-order valence-corrected chi connectivity index (χ1v) is 9.30. The van der Waals surface area contributed by atoms with Crippen molar-refractivity contribution in [2.75, 3.05) is 5.75 Å². The lowest BCUT2D eigenvalue weighted by Gasteiger charge is -2.33. The average molecular weight is 354 g/mol. The van der Waals surface area contributed by atoms with E-state index in [4.69, 9.17) is 14.2 Å². The van der Waals surface area contributed by atoms with E-state index in [9.17, 15) is 14.4 Å². The fourth-order valence-electron chi connectivity index (χ4n) is 5.19. The first-order valence-electron chi connectivity index (χ1n) is 8.67. The fraction of sp³-hybridized carbons (Fsp3) is 0.824. The van der Waals surface area contributed by atoms with Crippen LogP contribution in [0.25, 0.3) is 0 Å². The lowest BCUT2D eigenvalue weighted by molar-refractivity contribution is -0.172. The standard InChI is InChI=1S/C17H22O6S/c1-17(4-2-3-5-17)23-16(20)12-9-6-8-11(12)15(19)22-14(8)13(9)21-10(18)7-24/h8-9,11-14,24H,2-7H2,1H3. The highest BCUT2D eigenvalue weighted by molar-refractivity contribution is 7.81. The van der Waals surface area contributed by atoms with Crippen LogP contribution in [0, 0.1) is 23.7 Å². The molecular formula is C17H22O6S. The number of carbonyl (C=O) groups is 3. The van der Waals surface area contributed by atoms with Crippen LogP contribution in [0.4, 0.5) is 0 Å². The van der Waals surface area contributed by atoms with Gasteiger partial charge in [0.25, 0.3) is 0 Å². The third-order valence-corrected chi connectivity index (χ3v) is 6.48. The highest BCUT2D eigenvalue weighted by Gasteiger charge is 2.70. The molecule has 6 atom stereocenters. The van der Waals surface area contributed by atoms with Crippen molar-refractivity contribution in [1.82, 2.24) is 0 Å². The monoisotopic (exact) mass is 354 g/mol. The summed E-state index contributed by atoms with van der Waals surface area (Å²) in [4.78, 5) is 36.7. The van der Waals surface area contributed by atoms with E-state index in [-0.39, 0.29) is 29.5 Å². The molecule has 1 aliphatic heterocycles. The number of hydrogen-bond acceptors (Lipinski definition) is 7. The van der Waals surface area contributed by atoms with E-state index in [0.717, 1.165) is 25.7 Å². The summed E-state index contributed by atoms with van der Waals surface area (Å²) in [6.07, 6.45) is 3.52. The molecule has 1 saturated heterocycles. The molecule has 4 rings (SSSR count). The second-order valence-electron chi connectivity index (χ2n) is 7.71. The SMILES string of the molecule is CC1(OC(=O)C2C3CC4C(OC(=O)C42)C3OC(=O)CS)CCCC1. The van der Waals surface area contributed by atoms with Crippen LogP contribution in [-0.4, -0.2) is 41.5 Å². The summed E-state index contributed by atoms with van der Waals surface area (Å²) in [5.74, 6) is -2.42. The number of carbonyl (C=O) groups excluding carboxylic acids is 3. The topological polar surface area (TPSA) is 78.9 Å². The van der Waals surface area contributed by atoms with E-state index < -0.39 is 35.6 Å². The van der Waals surface area contributed by atoms with E-state index in [2.05, 4.69) is 12.6 Å². The summed E-state index contributed by atoms with van der Waals surface area (Å²) >= 11 is 3.92. The Morgan fingerprint density at radius 2 is 2.00 bits per heavy atom. The molecule has 4 fully saturated rings. The van der Waals surface area contributed by atoms with Gasteiger partial charge in [0.05, 0.1) is 17.6 Å². The first kappa shape index (κ1) is 16.2. The van der Waals surface area contributed by atoms with Gasteiger partial charge in [-0.3, -0.25) is 14.4 Å². The Labute approximate surface area is 146 Å². The van der Waals surface area contributed by atoms with Crippen LogP contribution in [0.2, 0.25) is 0 Å². The van der Waals surface area contributed by atoms with Crippen LogP contribution in [0.15, 0.2) is 0 Å². The van der Waals surface area contributed by atoms with Gasteiger partial charge >= 0.3 is 17.9 Å². The first-order chi connectivity index (χ1) is 11.4. The summed E-state index contributed by atoms with van der Waals surface area (Å²) in [6, 6.07) is 0. The van der Waals surface area contributed by atoms with Gasteiger partial charge in [0.15, 0.2) is 0 Å². The molecular weight excluding hydrogens is 332 g/mol. The molecule has 6 nitrogen and oxygen atoms in total. The predicted molar refractivity (Wildman–Crippen MR) is 85.2 cm³/mol. The average Bonchev–Trinajstić information content (AvgIpc) is 3.24. The molecule has 3 aliphatic carbocycles. The van der Waals surface area contributed by atoms with Gasteiger partial charge in [-0.25, -0.2) is 0 Å². The van der Waals surface area contributed by atoms with Gasteiger partial charge in [-0.1, -0.05) is 0 Å². The van der Waals surface area contributed by atoms with Crippen LogP contribution in [0.3, 0.4) is 0 Å². The van der Waals surface area contributed by atoms with Gasteiger partial charge in [-0.15, -0.1) is 0 Å². The van der Waals surface area contributed by atoms with Crippen LogP contribution < -0.4 is 0 Å². The summed E-state index contributed by atoms with van der Waals surface area (Å²) < 4.78 is 16.7. The van der Waals surface area contributed by atoms with E-state index in [1.54, 1.807) is 0 Å². The van der Waals surface area contributed by atoms with Gasteiger partial charge in [0.2, 0.25) is 0 Å². The summed E-state index contributed by atoms with van der Waals surface area (Å²) in [7, 11) is 0. The van der Waals surface area contributed by atoms with Crippen molar-refractivity contribution >= 4 is 30.5 Å². The minimum absolute atomic E-state index is 0.0365. The van der Waals surface area contributed by atoms with E-state index >= 15 is 0 Å². The van der Waals surface area contributed by atoms with E-state index in [1.807, 2.05) is 6.92 Å². The van der Waals surface area contributed by atoms with Gasteiger partial charge < -0.3 is 14.2 Å². The van der Waals surface area contributed by atoms with Crippen molar-refractivity contribution in [1.29, 1.82) is 0 Å². The van der Waals surface area contributed by atoms with E-state index in [1.165, 1.54) is 0 Å². The Bertz CT molecular complexity index is 584. The Morgan fingerprint density at radius 1 is 1.29 bits per heavy atom. The molecule has 0 aromatic heterocycles. The molecule has 4 aliphatic rings. The van der Waals surface area contributed by atoms with Crippen molar-refractivity contribution < 1.29 is 28.6 Å². The lowest BCUT2D eigenvalue weighted by atomic mass is 9.78. The molecule has 0 amide bonds. The van der Waals surface area contributed by atoms with Crippen LogP contribution in [-0.2, 0) is 28.6 Å². The normalized spacial score (nSPS) is 41.3. The maximum Gasteiger partial charge on any atom is 0.316 e. The van der Waals surface area contributed by atoms with Crippen molar-refractivity contribution in [3.63, 3.8) is 0 Å². The zero-order valence-corrected chi connectivity index (χ0v) is 14.5. The highest BCUT2D eigenvalue weighted by atomic mass is 32.1. The summed E-state index contributed by atoms with van der Waals surface area (Å²) in [5.41, 5.74) is -0.432. The maximum atomic E-state index is 12.8. The predicted octanol–water partition coefficient (Wildman–Crippen LogP) is 1.51. The van der Waals surface area contributed by atoms with E-state index in [0.29, 0.717) is 6.42 Å². The number of rotatable bonds is 4. The Balaban J connectivity index is 1.55. The molecule has 7 heteroatoms. The summed E-state index contributed by atoms with van der Waals surface area (Å²) in [5, 5.41) is 0. The summed E-state index contributed by atoms with van der Waals surface area (Å²) in [6.45, 7) is 1.96. The second kappa shape index (κ2) is 5.64.